The van der Waals surface area contributed by atoms with Gasteiger partial charge in [0.05, 0.1) is 12.2 Å². The molecule has 1 aliphatic carbocycles. The zero-order chi connectivity index (χ0) is 16.8. The lowest BCUT2D eigenvalue weighted by Crippen LogP contribution is -2.60. The van der Waals surface area contributed by atoms with Crippen molar-refractivity contribution < 1.29 is 19.0 Å². The third kappa shape index (κ3) is 6.10. The first-order valence-electron chi connectivity index (χ1n) is 8.10. The lowest BCUT2D eigenvalue weighted by atomic mass is 9.85. The van der Waals surface area contributed by atoms with Gasteiger partial charge >= 0.3 is 6.09 Å². The summed E-state index contributed by atoms with van der Waals surface area (Å²) in [5.74, 6) is 0. The predicted octanol–water partition coefficient (Wildman–Crippen LogP) is 2.03. The zero-order valence-electron chi connectivity index (χ0n) is 14.8. The lowest BCUT2D eigenvalue weighted by molar-refractivity contribution is -0.131. The quantitative estimate of drug-likeness (QED) is 0.694. The van der Waals surface area contributed by atoms with Gasteiger partial charge in [0, 0.05) is 33.4 Å². The second-order valence-corrected chi connectivity index (χ2v) is 6.75. The molecule has 1 amide bonds. The Labute approximate surface area is 134 Å². The maximum atomic E-state index is 11.8. The molecule has 0 saturated heterocycles. The van der Waals surface area contributed by atoms with E-state index in [-0.39, 0.29) is 18.3 Å². The molecule has 6 heteroatoms. The van der Waals surface area contributed by atoms with Crippen molar-refractivity contribution >= 4 is 6.09 Å². The van der Waals surface area contributed by atoms with Gasteiger partial charge in [0.1, 0.15) is 5.60 Å². The van der Waals surface area contributed by atoms with Crippen LogP contribution in [-0.4, -0.2) is 68.7 Å². The highest BCUT2D eigenvalue weighted by atomic mass is 16.6. The van der Waals surface area contributed by atoms with E-state index in [1.54, 1.807) is 19.1 Å². The number of hydrogen-bond acceptors (Lipinski definition) is 5. The van der Waals surface area contributed by atoms with Crippen molar-refractivity contribution in [3.8, 4) is 0 Å². The third-order valence-electron chi connectivity index (χ3n) is 3.68. The summed E-state index contributed by atoms with van der Waals surface area (Å²) in [4.78, 5) is 13.4. The first-order chi connectivity index (χ1) is 10.3. The predicted molar refractivity (Wildman–Crippen MR) is 86.1 cm³/mol. The van der Waals surface area contributed by atoms with Crippen LogP contribution in [0.5, 0.6) is 0 Å². The molecule has 1 rings (SSSR count). The van der Waals surface area contributed by atoms with E-state index in [1.165, 1.54) is 0 Å². The fourth-order valence-corrected chi connectivity index (χ4v) is 2.51. The Bertz CT molecular complexity index is 344. The highest BCUT2D eigenvalue weighted by molar-refractivity contribution is 5.67. The van der Waals surface area contributed by atoms with Gasteiger partial charge in [-0.2, -0.15) is 0 Å². The van der Waals surface area contributed by atoms with Crippen LogP contribution < -0.4 is 5.32 Å². The van der Waals surface area contributed by atoms with Gasteiger partial charge in [-0.15, -0.1) is 0 Å². The minimum atomic E-state index is -0.449. The van der Waals surface area contributed by atoms with Crippen molar-refractivity contribution in [3.63, 3.8) is 0 Å². The Kier molecular flexibility index (Phi) is 7.59. The van der Waals surface area contributed by atoms with Crippen molar-refractivity contribution in [2.75, 3.05) is 33.9 Å². The van der Waals surface area contributed by atoms with Crippen LogP contribution in [0, 0.1) is 0 Å². The van der Waals surface area contributed by atoms with E-state index in [9.17, 15) is 4.79 Å². The van der Waals surface area contributed by atoms with Crippen molar-refractivity contribution in [1.82, 2.24) is 10.2 Å². The van der Waals surface area contributed by atoms with Gasteiger partial charge in [-0.05, 0) is 47.1 Å². The van der Waals surface area contributed by atoms with Gasteiger partial charge in [-0.3, -0.25) is 0 Å². The Morgan fingerprint density at radius 3 is 2.59 bits per heavy atom. The molecule has 22 heavy (non-hydrogen) atoms. The van der Waals surface area contributed by atoms with Crippen molar-refractivity contribution in [2.45, 2.75) is 64.4 Å². The third-order valence-corrected chi connectivity index (χ3v) is 3.68. The minimum Gasteiger partial charge on any atom is -0.444 e. The second kappa shape index (κ2) is 8.70. The summed E-state index contributed by atoms with van der Waals surface area (Å²) in [7, 11) is 3.49. The normalized spacial score (nSPS) is 24.7. The number of nitrogens with one attached hydrogen (secondary N) is 1. The number of ether oxygens (including phenoxy) is 3. The van der Waals surface area contributed by atoms with Gasteiger partial charge in [-0.1, -0.05) is 0 Å². The fraction of sp³-hybridized carbons (Fsp3) is 0.938. The number of carbonyl (C=O) groups excluding carboxylic acids is 1. The molecule has 1 fully saturated rings. The van der Waals surface area contributed by atoms with E-state index in [0.29, 0.717) is 12.6 Å². The summed E-state index contributed by atoms with van der Waals surface area (Å²) in [6, 6.07) is 0.341. The molecule has 6 nitrogen and oxygen atoms in total. The highest BCUT2D eigenvalue weighted by Crippen LogP contribution is 2.26. The number of hydrogen-bond donors (Lipinski definition) is 1. The molecule has 0 bridgehead atoms. The Hall–Kier alpha value is -0.850. The van der Waals surface area contributed by atoms with Crippen LogP contribution in [-0.2, 0) is 14.2 Å². The number of carbonyl (C=O) groups is 1. The van der Waals surface area contributed by atoms with Crippen LogP contribution in [0.3, 0.4) is 0 Å². The number of methoxy groups -OCH3 is 1. The summed E-state index contributed by atoms with van der Waals surface area (Å²) in [6.07, 6.45) is 1.92. The smallest absolute Gasteiger partial charge is 0.410 e. The molecule has 0 spiro atoms. The molecule has 1 N–H and O–H groups in total. The fourth-order valence-electron chi connectivity index (χ4n) is 2.51. The molecule has 1 saturated carbocycles. The molecule has 0 aromatic carbocycles. The minimum absolute atomic E-state index is 0.128. The van der Waals surface area contributed by atoms with E-state index >= 15 is 0 Å². The summed E-state index contributed by atoms with van der Waals surface area (Å²) >= 11 is 0. The van der Waals surface area contributed by atoms with Gasteiger partial charge in [-0.25, -0.2) is 4.79 Å². The van der Waals surface area contributed by atoms with Gasteiger partial charge in [0.15, 0.2) is 0 Å². The van der Waals surface area contributed by atoms with Crippen LogP contribution in [0.25, 0.3) is 0 Å². The van der Waals surface area contributed by atoms with E-state index in [2.05, 4.69) is 5.32 Å². The van der Waals surface area contributed by atoms with E-state index in [4.69, 9.17) is 14.2 Å². The van der Waals surface area contributed by atoms with Crippen molar-refractivity contribution in [3.05, 3.63) is 0 Å². The Balaban J connectivity index is 2.16. The molecule has 0 aromatic rings. The molecule has 0 aromatic heterocycles. The van der Waals surface area contributed by atoms with E-state index < -0.39 is 5.60 Å². The molecule has 0 heterocycles. The van der Waals surface area contributed by atoms with Crippen LogP contribution in [0.1, 0.15) is 40.5 Å². The average Bonchev–Trinajstić information content (AvgIpc) is 2.39. The SMILES string of the molecule is CCOC1CC(NCCCN(C)C(=O)OC(C)(C)C)C1OC. The summed E-state index contributed by atoms with van der Waals surface area (Å²) in [5.41, 5.74) is -0.449. The average molecular weight is 316 g/mol. The standard InChI is InChI=1S/C16H32N2O4/c1-7-21-13-11-12(14(13)20-6)17-9-8-10-18(5)15(19)22-16(2,3)4/h12-14,17H,7-11H2,1-6H3. The second-order valence-electron chi connectivity index (χ2n) is 6.75. The Morgan fingerprint density at radius 1 is 1.36 bits per heavy atom. The van der Waals surface area contributed by atoms with Gasteiger partial charge < -0.3 is 24.4 Å². The van der Waals surface area contributed by atoms with Crippen molar-refractivity contribution in [2.24, 2.45) is 0 Å². The first-order valence-corrected chi connectivity index (χ1v) is 8.10. The molecule has 1 aliphatic rings. The van der Waals surface area contributed by atoms with Crippen molar-refractivity contribution in [1.29, 1.82) is 0 Å². The van der Waals surface area contributed by atoms with Crippen LogP contribution in [0.2, 0.25) is 0 Å². The van der Waals surface area contributed by atoms with Crippen LogP contribution in [0.4, 0.5) is 4.79 Å². The van der Waals surface area contributed by atoms with E-state index in [1.807, 2.05) is 27.7 Å². The first kappa shape index (κ1) is 19.2. The molecule has 130 valence electrons. The molecular formula is C16H32N2O4. The summed E-state index contributed by atoms with van der Waals surface area (Å²) in [5, 5.41) is 3.47. The molecule has 3 unspecified atom stereocenters. The van der Waals surface area contributed by atoms with E-state index in [0.717, 1.165) is 26.0 Å². The lowest BCUT2D eigenvalue weighted by Gasteiger charge is -2.43. The number of rotatable bonds is 8. The van der Waals surface area contributed by atoms with Crippen LogP contribution in [0.15, 0.2) is 0 Å². The topological polar surface area (TPSA) is 60.0 Å². The van der Waals surface area contributed by atoms with Gasteiger partial charge in [0.2, 0.25) is 0 Å². The molecule has 3 atom stereocenters. The summed E-state index contributed by atoms with van der Waals surface area (Å²) in [6.45, 7) is 9.85. The maximum Gasteiger partial charge on any atom is 0.410 e. The summed E-state index contributed by atoms with van der Waals surface area (Å²) < 4.78 is 16.4. The van der Waals surface area contributed by atoms with Crippen LogP contribution >= 0.6 is 0 Å². The molecule has 0 aliphatic heterocycles. The Morgan fingerprint density at radius 2 is 2.05 bits per heavy atom. The maximum absolute atomic E-state index is 11.8. The highest BCUT2D eigenvalue weighted by Gasteiger charge is 2.41. The van der Waals surface area contributed by atoms with Gasteiger partial charge in [0.25, 0.3) is 0 Å². The largest absolute Gasteiger partial charge is 0.444 e. The zero-order valence-corrected chi connectivity index (χ0v) is 14.8. The number of nitrogens with zero attached hydrogens (tertiary/aromatic N) is 1. The molecular weight excluding hydrogens is 284 g/mol. The monoisotopic (exact) mass is 316 g/mol. The molecule has 0 radical (unpaired) electrons. The number of amides is 1.